The van der Waals surface area contributed by atoms with Crippen LogP contribution in [-0.4, -0.2) is 22.4 Å². The predicted molar refractivity (Wildman–Crippen MR) is 61.7 cm³/mol. The fraction of sp³-hybridized carbons (Fsp3) is 0.538. The van der Waals surface area contributed by atoms with Crippen molar-refractivity contribution >= 4 is 0 Å². The van der Waals surface area contributed by atoms with Crippen LogP contribution >= 0.6 is 0 Å². The Morgan fingerprint density at radius 2 is 1.88 bits per heavy atom. The zero-order chi connectivity index (χ0) is 13.0. The summed E-state index contributed by atoms with van der Waals surface area (Å²) in [5, 5.41) is 18.8. The molecule has 0 heterocycles. The van der Waals surface area contributed by atoms with Gasteiger partial charge in [0.25, 0.3) is 0 Å². The number of benzene rings is 1. The molecule has 2 N–H and O–H groups in total. The van der Waals surface area contributed by atoms with E-state index in [1.807, 2.05) is 6.92 Å². The molecule has 0 aromatic heterocycles. The van der Waals surface area contributed by atoms with Crippen LogP contribution in [0.15, 0.2) is 18.2 Å². The maximum atomic E-state index is 13.5. The molecule has 0 saturated heterocycles. The van der Waals surface area contributed by atoms with Crippen LogP contribution in [0.3, 0.4) is 0 Å². The first-order chi connectivity index (χ1) is 7.95. The summed E-state index contributed by atoms with van der Waals surface area (Å²) in [5.41, 5.74) is 0.257. The molecule has 0 fully saturated rings. The van der Waals surface area contributed by atoms with Gasteiger partial charge in [0.15, 0.2) is 0 Å². The first kappa shape index (κ1) is 14.1. The molecule has 96 valence electrons. The van der Waals surface area contributed by atoms with Crippen molar-refractivity contribution in [3.8, 4) is 0 Å². The van der Waals surface area contributed by atoms with Crippen molar-refractivity contribution in [2.75, 3.05) is 0 Å². The van der Waals surface area contributed by atoms with Gasteiger partial charge in [0.05, 0.1) is 12.2 Å². The standard InChI is InChI=1S/C13H18F2O2/c1-3-9(6-13(17)8(2)16)11-7-10(14)4-5-12(11)15/h4-5,7-9,13,16-17H,3,6H2,1-2H3. The maximum Gasteiger partial charge on any atom is 0.126 e. The van der Waals surface area contributed by atoms with Crippen molar-refractivity contribution in [2.24, 2.45) is 0 Å². The van der Waals surface area contributed by atoms with Gasteiger partial charge in [-0.05, 0) is 49.4 Å². The van der Waals surface area contributed by atoms with Gasteiger partial charge in [0, 0.05) is 0 Å². The first-order valence-electron chi connectivity index (χ1n) is 5.76. The van der Waals surface area contributed by atoms with Gasteiger partial charge in [-0.3, -0.25) is 0 Å². The molecule has 0 aliphatic carbocycles. The van der Waals surface area contributed by atoms with Gasteiger partial charge in [-0.2, -0.15) is 0 Å². The van der Waals surface area contributed by atoms with Crippen LogP contribution in [0.2, 0.25) is 0 Å². The molecule has 3 atom stereocenters. The van der Waals surface area contributed by atoms with Gasteiger partial charge in [-0.25, -0.2) is 8.78 Å². The van der Waals surface area contributed by atoms with Gasteiger partial charge in [-0.15, -0.1) is 0 Å². The quantitative estimate of drug-likeness (QED) is 0.835. The van der Waals surface area contributed by atoms with E-state index in [1.54, 1.807) is 0 Å². The number of hydrogen-bond acceptors (Lipinski definition) is 2. The highest BCUT2D eigenvalue weighted by Crippen LogP contribution is 2.28. The lowest BCUT2D eigenvalue weighted by Crippen LogP contribution is -2.25. The molecule has 0 bridgehead atoms. The van der Waals surface area contributed by atoms with Gasteiger partial charge < -0.3 is 10.2 Å². The molecule has 1 aromatic carbocycles. The zero-order valence-electron chi connectivity index (χ0n) is 10.0. The Morgan fingerprint density at radius 3 is 2.41 bits per heavy atom. The van der Waals surface area contributed by atoms with Crippen molar-refractivity contribution in [2.45, 2.75) is 44.8 Å². The van der Waals surface area contributed by atoms with E-state index in [4.69, 9.17) is 0 Å². The Morgan fingerprint density at radius 1 is 1.24 bits per heavy atom. The summed E-state index contributed by atoms with van der Waals surface area (Å²) in [6, 6.07) is 3.30. The molecule has 0 aliphatic rings. The smallest absolute Gasteiger partial charge is 0.126 e. The van der Waals surface area contributed by atoms with Crippen molar-refractivity contribution in [3.05, 3.63) is 35.4 Å². The van der Waals surface area contributed by atoms with E-state index in [2.05, 4.69) is 0 Å². The van der Waals surface area contributed by atoms with Crippen molar-refractivity contribution in [1.82, 2.24) is 0 Å². The minimum Gasteiger partial charge on any atom is -0.391 e. The number of rotatable bonds is 5. The molecule has 1 aromatic rings. The second kappa shape index (κ2) is 6.07. The van der Waals surface area contributed by atoms with E-state index < -0.39 is 23.8 Å². The lowest BCUT2D eigenvalue weighted by molar-refractivity contribution is 0.0213. The number of hydrogen-bond donors (Lipinski definition) is 2. The highest BCUT2D eigenvalue weighted by atomic mass is 19.1. The largest absolute Gasteiger partial charge is 0.391 e. The second-order valence-corrected chi connectivity index (χ2v) is 4.31. The summed E-state index contributed by atoms with van der Waals surface area (Å²) < 4.78 is 26.6. The average Bonchev–Trinajstić information content (AvgIpc) is 2.29. The second-order valence-electron chi connectivity index (χ2n) is 4.31. The van der Waals surface area contributed by atoms with Gasteiger partial charge in [0.1, 0.15) is 11.6 Å². The SMILES string of the molecule is CCC(CC(O)C(C)O)c1cc(F)ccc1F. The Bertz CT molecular complexity index is 366. The molecule has 0 aliphatic heterocycles. The van der Waals surface area contributed by atoms with Crippen molar-refractivity contribution < 1.29 is 19.0 Å². The monoisotopic (exact) mass is 244 g/mol. The molecular weight excluding hydrogens is 226 g/mol. The van der Waals surface area contributed by atoms with Crippen LogP contribution in [-0.2, 0) is 0 Å². The molecule has 2 nitrogen and oxygen atoms in total. The fourth-order valence-corrected chi connectivity index (χ4v) is 1.83. The maximum absolute atomic E-state index is 13.5. The van der Waals surface area contributed by atoms with Crippen LogP contribution in [0.4, 0.5) is 8.78 Å². The Balaban J connectivity index is 2.89. The van der Waals surface area contributed by atoms with E-state index >= 15 is 0 Å². The molecule has 0 amide bonds. The highest BCUT2D eigenvalue weighted by molar-refractivity contribution is 5.23. The van der Waals surface area contributed by atoms with Crippen LogP contribution in [0.1, 0.15) is 38.2 Å². The summed E-state index contributed by atoms with van der Waals surface area (Å²) >= 11 is 0. The normalized spacial score (nSPS) is 16.6. The topological polar surface area (TPSA) is 40.5 Å². The van der Waals surface area contributed by atoms with Crippen LogP contribution < -0.4 is 0 Å². The molecule has 0 spiro atoms. The lowest BCUT2D eigenvalue weighted by atomic mass is 9.89. The number of aliphatic hydroxyl groups is 2. The highest BCUT2D eigenvalue weighted by Gasteiger charge is 2.21. The molecular formula is C13H18F2O2. The number of halogens is 2. The summed E-state index contributed by atoms with van der Waals surface area (Å²) in [7, 11) is 0. The van der Waals surface area contributed by atoms with E-state index in [9.17, 15) is 19.0 Å². The fourth-order valence-electron chi connectivity index (χ4n) is 1.83. The average molecular weight is 244 g/mol. The van der Waals surface area contributed by atoms with Gasteiger partial charge >= 0.3 is 0 Å². The molecule has 4 heteroatoms. The summed E-state index contributed by atoms with van der Waals surface area (Å²) in [5.74, 6) is -1.27. The van der Waals surface area contributed by atoms with Gasteiger partial charge in [-0.1, -0.05) is 6.92 Å². The summed E-state index contributed by atoms with van der Waals surface area (Å²) in [6.07, 6.45) is -1.01. The minimum absolute atomic E-state index is 0.217. The van der Waals surface area contributed by atoms with Crippen molar-refractivity contribution in [3.63, 3.8) is 0 Å². The van der Waals surface area contributed by atoms with Crippen LogP contribution in [0.5, 0.6) is 0 Å². The van der Waals surface area contributed by atoms with E-state index in [0.29, 0.717) is 6.42 Å². The molecule has 0 radical (unpaired) electrons. The van der Waals surface area contributed by atoms with Crippen LogP contribution in [0, 0.1) is 11.6 Å². The molecule has 3 unspecified atom stereocenters. The van der Waals surface area contributed by atoms with E-state index in [1.165, 1.54) is 6.92 Å². The molecule has 17 heavy (non-hydrogen) atoms. The molecule has 1 rings (SSSR count). The lowest BCUT2D eigenvalue weighted by Gasteiger charge is -2.21. The Kier molecular flexibility index (Phi) is 5.02. The summed E-state index contributed by atoms with van der Waals surface area (Å²) in [4.78, 5) is 0. The first-order valence-corrected chi connectivity index (χ1v) is 5.76. The molecule has 0 saturated carbocycles. The van der Waals surface area contributed by atoms with E-state index in [0.717, 1.165) is 18.2 Å². The van der Waals surface area contributed by atoms with E-state index in [-0.39, 0.29) is 17.9 Å². The Hall–Kier alpha value is -1.00. The van der Waals surface area contributed by atoms with Crippen molar-refractivity contribution in [1.29, 1.82) is 0 Å². The minimum atomic E-state index is -0.928. The predicted octanol–water partition coefficient (Wildman–Crippen LogP) is 2.59. The zero-order valence-corrected chi connectivity index (χ0v) is 10.0. The number of aliphatic hydroxyl groups excluding tert-OH is 2. The third-order valence-electron chi connectivity index (χ3n) is 2.97. The third-order valence-corrected chi connectivity index (χ3v) is 2.97. The summed E-state index contributed by atoms with van der Waals surface area (Å²) in [6.45, 7) is 3.31. The Labute approximate surface area is 99.9 Å². The third kappa shape index (κ3) is 3.75. The van der Waals surface area contributed by atoms with Gasteiger partial charge in [0.2, 0.25) is 0 Å². The van der Waals surface area contributed by atoms with Crippen LogP contribution in [0.25, 0.3) is 0 Å².